The number of nitrogens with zero attached hydrogens (tertiary/aromatic N) is 1. The second-order valence-electron chi connectivity index (χ2n) is 5.31. The predicted octanol–water partition coefficient (Wildman–Crippen LogP) is 2.05. The van der Waals surface area contributed by atoms with Crippen LogP contribution in [-0.4, -0.2) is 47.6 Å². The molecular formula is C18H17IN2O5S. The van der Waals surface area contributed by atoms with Crippen LogP contribution in [0.5, 0.6) is 5.75 Å². The van der Waals surface area contributed by atoms with E-state index in [-0.39, 0.29) is 30.4 Å². The van der Waals surface area contributed by atoms with Crippen LogP contribution in [0, 0.1) is 3.57 Å². The van der Waals surface area contributed by atoms with Gasteiger partial charge in [0.1, 0.15) is 11.3 Å². The van der Waals surface area contributed by atoms with Gasteiger partial charge in [0.05, 0.1) is 10.2 Å². The molecule has 0 spiro atoms. The standard InChI is InChI=1S/C18H17IN2O5S/c1-3-7-21-17(24)12(16(23)20-18(21)27)8-11-5-6-14(13(19)9-11)26-10-15(22)25-4-2/h3,5-6,8-9H,1,4,7,10H2,2H3,(H,20,23,27)/b12-8+. The number of hydrogen-bond donors (Lipinski definition) is 1. The SMILES string of the molecule is C=CCN1C(=O)/C(=C/c2ccc(OCC(=O)OCC)c(I)c2)C(=O)NC1=S. The molecule has 1 N–H and O–H groups in total. The number of ether oxygens (including phenoxy) is 2. The zero-order valence-electron chi connectivity index (χ0n) is 14.5. The van der Waals surface area contributed by atoms with Gasteiger partial charge in [-0.15, -0.1) is 6.58 Å². The van der Waals surface area contributed by atoms with Crippen molar-refractivity contribution >= 4 is 63.8 Å². The Kier molecular flexibility index (Phi) is 7.48. The van der Waals surface area contributed by atoms with E-state index in [1.54, 1.807) is 25.1 Å². The number of nitrogens with one attached hydrogen (secondary N) is 1. The lowest BCUT2D eigenvalue weighted by Crippen LogP contribution is -2.53. The molecule has 1 aliphatic rings. The Morgan fingerprint density at radius 1 is 1.41 bits per heavy atom. The van der Waals surface area contributed by atoms with Crippen LogP contribution in [0.4, 0.5) is 0 Å². The van der Waals surface area contributed by atoms with E-state index >= 15 is 0 Å². The fraction of sp³-hybridized carbons (Fsp3) is 0.222. The van der Waals surface area contributed by atoms with Crippen LogP contribution >= 0.6 is 34.8 Å². The Labute approximate surface area is 175 Å². The highest BCUT2D eigenvalue weighted by Gasteiger charge is 2.32. The summed E-state index contributed by atoms with van der Waals surface area (Å²) in [5.74, 6) is -0.994. The van der Waals surface area contributed by atoms with Crippen molar-refractivity contribution in [3.8, 4) is 5.75 Å². The molecule has 2 amide bonds. The van der Waals surface area contributed by atoms with Crippen molar-refractivity contribution in [1.82, 2.24) is 10.2 Å². The molecule has 9 heteroatoms. The molecule has 0 radical (unpaired) electrons. The van der Waals surface area contributed by atoms with Gasteiger partial charge in [-0.2, -0.15) is 0 Å². The number of esters is 1. The topological polar surface area (TPSA) is 84.9 Å². The Hall–Kier alpha value is -2.27. The molecule has 1 aromatic rings. The van der Waals surface area contributed by atoms with Crippen LogP contribution in [0.15, 0.2) is 36.4 Å². The smallest absolute Gasteiger partial charge is 0.344 e. The maximum Gasteiger partial charge on any atom is 0.344 e. The van der Waals surface area contributed by atoms with Gasteiger partial charge < -0.3 is 9.47 Å². The highest BCUT2D eigenvalue weighted by molar-refractivity contribution is 14.1. The average Bonchev–Trinajstić information content (AvgIpc) is 2.61. The molecule has 0 aliphatic carbocycles. The van der Waals surface area contributed by atoms with Crippen molar-refractivity contribution < 1.29 is 23.9 Å². The summed E-state index contributed by atoms with van der Waals surface area (Å²) in [4.78, 5) is 37.3. The van der Waals surface area contributed by atoms with Crippen molar-refractivity contribution in [2.24, 2.45) is 0 Å². The summed E-state index contributed by atoms with van der Waals surface area (Å²) in [6, 6.07) is 5.07. The van der Waals surface area contributed by atoms with Crippen molar-refractivity contribution in [1.29, 1.82) is 0 Å². The van der Waals surface area contributed by atoms with Crippen LogP contribution < -0.4 is 10.1 Å². The van der Waals surface area contributed by atoms with Crippen molar-refractivity contribution in [2.75, 3.05) is 19.8 Å². The van der Waals surface area contributed by atoms with Gasteiger partial charge in [-0.25, -0.2) is 4.79 Å². The van der Waals surface area contributed by atoms with Gasteiger partial charge in [-0.1, -0.05) is 12.1 Å². The molecule has 1 saturated heterocycles. The number of thiocarbonyl (C=S) groups is 1. The molecule has 0 atom stereocenters. The summed E-state index contributed by atoms with van der Waals surface area (Å²) in [6.07, 6.45) is 3.00. The van der Waals surface area contributed by atoms with E-state index in [2.05, 4.69) is 11.9 Å². The maximum absolute atomic E-state index is 12.5. The second-order valence-corrected chi connectivity index (χ2v) is 6.85. The number of benzene rings is 1. The van der Waals surface area contributed by atoms with E-state index in [9.17, 15) is 14.4 Å². The third kappa shape index (κ3) is 5.36. The van der Waals surface area contributed by atoms with Crippen LogP contribution in [0.25, 0.3) is 6.08 Å². The zero-order valence-corrected chi connectivity index (χ0v) is 17.5. The third-order valence-corrected chi connectivity index (χ3v) is 4.58. The zero-order chi connectivity index (χ0) is 20.0. The van der Waals surface area contributed by atoms with Crippen LogP contribution in [0.1, 0.15) is 12.5 Å². The summed E-state index contributed by atoms with van der Waals surface area (Å²) in [6.45, 7) is 5.59. The quantitative estimate of drug-likeness (QED) is 0.154. The highest BCUT2D eigenvalue weighted by atomic mass is 127. The first-order valence-corrected chi connectivity index (χ1v) is 9.43. The van der Waals surface area contributed by atoms with Crippen molar-refractivity contribution in [3.05, 3.63) is 45.6 Å². The van der Waals surface area contributed by atoms with Gasteiger partial charge in [-0.3, -0.25) is 19.8 Å². The normalized spacial score (nSPS) is 15.6. The minimum atomic E-state index is -0.553. The van der Waals surface area contributed by atoms with E-state index in [4.69, 9.17) is 21.7 Å². The summed E-state index contributed by atoms with van der Waals surface area (Å²) < 4.78 is 10.9. The van der Waals surface area contributed by atoms with Gasteiger partial charge in [0.25, 0.3) is 11.8 Å². The molecule has 27 heavy (non-hydrogen) atoms. The lowest BCUT2D eigenvalue weighted by Gasteiger charge is -2.27. The highest BCUT2D eigenvalue weighted by Crippen LogP contribution is 2.24. The van der Waals surface area contributed by atoms with Gasteiger partial charge in [0, 0.05) is 6.54 Å². The first-order chi connectivity index (χ1) is 12.9. The number of rotatable bonds is 7. The monoisotopic (exact) mass is 500 g/mol. The van der Waals surface area contributed by atoms with Crippen LogP contribution in [0.3, 0.4) is 0 Å². The average molecular weight is 500 g/mol. The van der Waals surface area contributed by atoms with E-state index in [0.717, 1.165) is 0 Å². The van der Waals surface area contributed by atoms with E-state index < -0.39 is 17.8 Å². The van der Waals surface area contributed by atoms with Gasteiger partial charge in [0.15, 0.2) is 11.7 Å². The molecule has 0 unspecified atom stereocenters. The van der Waals surface area contributed by atoms with Crippen LogP contribution in [0.2, 0.25) is 0 Å². The number of carbonyl (C=O) groups is 3. The minimum absolute atomic E-state index is 0.0264. The van der Waals surface area contributed by atoms with Gasteiger partial charge >= 0.3 is 5.97 Å². The van der Waals surface area contributed by atoms with Gasteiger partial charge in [-0.05, 0) is 65.5 Å². The molecule has 7 nitrogen and oxygen atoms in total. The summed E-state index contributed by atoms with van der Waals surface area (Å²) >= 11 is 7.06. The molecule has 1 aliphatic heterocycles. The molecular weight excluding hydrogens is 483 g/mol. The number of amides is 2. The molecule has 0 bridgehead atoms. The number of hydrogen-bond acceptors (Lipinski definition) is 6. The number of carbonyl (C=O) groups excluding carboxylic acids is 3. The van der Waals surface area contributed by atoms with Crippen molar-refractivity contribution in [3.63, 3.8) is 0 Å². The second kappa shape index (κ2) is 9.60. The van der Waals surface area contributed by atoms with E-state index in [0.29, 0.717) is 14.9 Å². The largest absolute Gasteiger partial charge is 0.481 e. The first kappa shape index (κ1) is 21.0. The number of halogens is 1. The molecule has 0 saturated carbocycles. The lowest BCUT2D eigenvalue weighted by atomic mass is 10.1. The van der Waals surface area contributed by atoms with Crippen LogP contribution in [-0.2, 0) is 19.1 Å². The summed E-state index contributed by atoms with van der Waals surface area (Å²) in [7, 11) is 0. The van der Waals surface area contributed by atoms with E-state index in [1.165, 1.54) is 17.1 Å². The van der Waals surface area contributed by atoms with Gasteiger partial charge in [0.2, 0.25) is 0 Å². The molecule has 1 heterocycles. The van der Waals surface area contributed by atoms with Crippen molar-refractivity contribution in [2.45, 2.75) is 6.92 Å². The lowest BCUT2D eigenvalue weighted by molar-refractivity contribution is -0.145. The molecule has 0 aromatic heterocycles. The summed E-state index contributed by atoms with van der Waals surface area (Å²) in [5, 5.41) is 2.54. The maximum atomic E-state index is 12.5. The minimum Gasteiger partial charge on any atom is -0.481 e. The fourth-order valence-electron chi connectivity index (χ4n) is 2.22. The first-order valence-electron chi connectivity index (χ1n) is 7.95. The molecule has 1 fully saturated rings. The molecule has 1 aromatic carbocycles. The predicted molar refractivity (Wildman–Crippen MR) is 112 cm³/mol. The Bertz CT molecular complexity index is 837. The summed E-state index contributed by atoms with van der Waals surface area (Å²) in [5.41, 5.74) is 0.606. The Balaban J connectivity index is 2.20. The van der Waals surface area contributed by atoms with E-state index in [1.807, 2.05) is 22.6 Å². The Morgan fingerprint density at radius 2 is 2.15 bits per heavy atom. The molecule has 2 rings (SSSR count). The third-order valence-electron chi connectivity index (χ3n) is 3.42. The Morgan fingerprint density at radius 3 is 2.78 bits per heavy atom. The fourth-order valence-corrected chi connectivity index (χ4v) is 3.16. The molecule has 142 valence electrons.